The molecule has 64 heavy (non-hydrogen) atoms. The molecule has 3 atom stereocenters. The first-order valence-electron chi connectivity index (χ1n) is 26.7. The Morgan fingerprint density at radius 1 is 0.547 bits per heavy atom. The van der Waals surface area contributed by atoms with Crippen molar-refractivity contribution in [2.75, 3.05) is 40.9 Å². The molecule has 9 heteroatoms. The van der Waals surface area contributed by atoms with Crippen LogP contribution in [0.1, 0.15) is 232 Å². The number of aliphatic hydroxyl groups excluding tert-OH is 1. The standard InChI is InChI=1S/C55H103N2O6P/c1-6-8-10-12-14-16-18-20-22-24-26-28-30-32-34-36-38-40-42-44-46-48-54(58)53(52-63-64(60,61)62-51-50-57(3,4)5)56-55(59)49-47-45-43-41-39-37-35-33-31-29-27-25-23-21-19-17-15-13-11-9-7-2/h9,11,15,17,21,23,27,29,33,35,53-54,58H,6-8,10,12-14,16,18-20,22,24-26,28,30-32,34,36-52H2,1-5H3,(H-,56,59,60,61)/p+1/b11-9-,17-15-,23-21-,29-27-,35-33-. The molecule has 0 aromatic heterocycles. The Labute approximate surface area is 396 Å². The smallest absolute Gasteiger partial charge is 0.391 e. The second-order valence-corrected chi connectivity index (χ2v) is 20.7. The lowest BCUT2D eigenvalue weighted by Crippen LogP contribution is -2.46. The van der Waals surface area contributed by atoms with Gasteiger partial charge in [-0.15, -0.1) is 0 Å². The summed E-state index contributed by atoms with van der Waals surface area (Å²) >= 11 is 0. The van der Waals surface area contributed by atoms with Gasteiger partial charge in [0.25, 0.3) is 0 Å². The average molecular weight is 920 g/mol. The summed E-state index contributed by atoms with van der Waals surface area (Å²) in [6.07, 6.45) is 61.2. The molecule has 0 heterocycles. The van der Waals surface area contributed by atoms with Crippen molar-refractivity contribution in [2.45, 2.75) is 244 Å². The molecular formula is C55H104N2O6P+. The minimum absolute atomic E-state index is 0.0681. The van der Waals surface area contributed by atoms with Crippen LogP contribution >= 0.6 is 7.82 Å². The summed E-state index contributed by atoms with van der Waals surface area (Å²) in [5.74, 6) is -0.163. The molecule has 0 saturated carbocycles. The Morgan fingerprint density at radius 2 is 0.938 bits per heavy atom. The maximum Gasteiger partial charge on any atom is 0.472 e. The molecule has 8 nitrogen and oxygen atoms in total. The number of aliphatic hydroxyl groups is 1. The molecule has 0 radical (unpaired) electrons. The lowest BCUT2D eigenvalue weighted by Gasteiger charge is -2.26. The molecule has 3 unspecified atom stereocenters. The van der Waals surface area contributed by atoms with E-state index in [1.165, 1.54) is 116 Å². The fourth-order valence-corrected chi connectivity index (χ4v) is 8.34. The van der Waals surface area contributed by atoms with Crippen LogP contribution in [-0.2, 0) is 18.4 Å². The Balaban J connectivity index is 4.29. The Hall–Kier alpha value is -1.80. The molecule has 1 amide bonds. The fourth-order valence-electron chi connectivity index (χ4n) is 7.60. The molecule has 3 N–H and O–H groups in total. The number of amides is 1. The third-order valence-corrected chi connectivity index (χ3v) is 12.8. The van der Waals surface area contributed by atoms with Gasteiger partial charge in [-0.2, -0.15) is 0 Å². The van der Waals surface area contributed by atoms with Gasteiger partial charge < -0.3 is 19.8 Å². The van der Waals surface area contributed by atoms with Gasteiger partial charge >= 0.3 is 7.82 Å². The number of carbonyl (C=O) groups is 1. The lowest BCUT2D eigenvalue weighted by atomic mass is 10.0. The van der Waals surface area contributed by atoms with Crippen LogP contribution in [0.4, 0.5) is 0 Å². The summed E-state index contributed by atoms with van der Waals surface area (Å²) in [6, 6.07) is -0.774. The van der Waals surface area contributed by atoms with Crippen molar-refractivity contribution in [3.05, 3.63) is 60.8 Å². The monoisotopic (exact) mass is 920 g/mol. The number of allylic oxidation sites excluding steroid dienone is 10. The highest BCUT2D eigenvalue weighted by Gasteiger charge is 2.28. The number of phosphoric ester groups is 1. The van der Waals surface area contributed by atoms with Crippen molar-refractivity contribution in [1.82, 2.24) is 5.32 Å². The van der Waals surface area contributed by atoms with Crippen molar-refractivity contribution in [2.24, 2.45) is 0 Å². The summed E-state index contributed by atoms with van der Waals surface area (Å²) in [6.45, 7) is 4.77. The zero-order chi connectivity index (χ0) is 47.1. The van der Waals surface area contributed by atoms with Crippen molar-refractivity contribution in [3.8, 4) is 0 Å². The molecule has 0 spiro atoms. The Kier molecular flexibility index (Phi) is 45.0. The van der Waals surface area contributed by atoms with Gasteiger partial charge in [0, 0.05) is 6.42 Å². The van der Waals surface area contributed by atoms with Gasteiger partial charge in [0.1, 0.15) is 13.2 Å². The second kappa shape index (κ2) is 46.3. The number of rotatable bonds is 48. The third kappa shape index (κ3) is 48.1. The van der Waals surface area contributed by atoms with E-state index in [9.17, 15) is 19.4 Å². The van der Waals surface area contributed by atoms with Gasteiger partial charge in [-0.1, -0.05) is 229 Å². The first-order valence-corrected chi connectivity index (χ1v) is 28.1. The van der Waals surface area contributed by atoms with Crippen LogP contribution in [0, 0.1) is 0 Å². The summed E-state index contributed by atoms with van der Waals surface area (Å²) in [4.78, 5) is 23.3. The normalized spacial score (nSPS) is 14.5. The van der Waals surface area contributed by atoms with Gasteiger partial charge in [-0.05, 0) is 57.8 Å². The largest absolute Gasteiger partial charge is 0.472 e. The van der Waals surface area contributed by atoms with E-state index in [-0.39, 0.29) is 19.1 Å². The van der Waals surface area contributed by atoms with Crippen LogP contribution < -0.4 is 5.32 Å². The molecule has 0 saturated heterocycles. The van der Waals surface area contributed by atoms with Crippen molar-refractivity contribution in [3.63, 3.8) is 0 Å². The van der Waals surface area contributed by atoms with E-state index < -0.39 is 20.0 Å². The predicted octanol–water partition coefficient (Wildman–Crippen LogP) is 15.8. The number of phosphoric acid groups is 1. The van der Waals surface area contributed by atoms with E-state index in [2.05, 4.69) is 79.9 Å². The van der Waals surface area contributed by atoms with E-state index in [0.29, 0.717) is 23.9 Å². The minimum atomic E-state index is -4.33. The molecule has 0 fully saturated rings. The zero-order valence-electron chi connectivity index (χ0n) is 42.5. The summed E-state index contributed by atoms with van der Waals surface area (Å²) < 4.78 is 23.7. The number of unbranched alkanes of at least 4 members (excludes halogenated alkanes) is 25. The van der Waals surface area contributed by atoms with Gasteiger partial charge in [-0.25, -0.2) is 4.57 Å². The van der Waals surface area contributed by atoms with Gasteiger partial charge in [-0.3, -0.25) is 13.8 Å². The third-order valence-electron chi connectivity index (χ3n) is 11.8. The number of nitrogens with one attached hydrogen (secondary N) is 1. The van der Waals surface area contributed by atoms with Gasteiger partial charge in [0.05, 0.1) is 39.9 Å². The Bertz CT molecular complexity index is 1230. The number of carbonyl (C=O) groups excluding carboxylic acids is 1. The quantitative estimate of drug-likeness (QED) is 0.0243. The second-order valence-electron chi connectivity index (χ2n) is 19.2. The number of hydrogen-bond acceptors (Lipinski definition) is 5. The average Bonchev–Trinajstić information content (AvgIpc) is 3.25. The molecule has 0 aliphatic carbocycles. The zero-order valence-corrected chi connectivity index (χ0v) is 43.4. The van der Waals surface area contributed by atoms with Crippen molar-refractivity contribution < 1.29 is 32.9 Å². The molecular weight excluding hydrogens is 816 g/mol. The highest BCUT2D eigenvalue weighted by Crippen LogP contribution is 2.43. The van der Waals surface area contributed by atoms with Gasteiger partial charge in [0.2, 0.25) is 5.91 Å². The molecule has 0 aromatic carbocycles. The lowest BCUT2D eigenvalue weighted by molar-refractivity contribution is -0.870. The number of likely N-dealkylation sites (N-methyl/N-ethyl adjacent to an activating group) is 1. The van der Waals surface area contributed by atoms with Crippen LogP contribution in [0.2, 0.25) is 0 Å². The highest BCUT2D eigenvalue weighted by molar-refractivity contribution is 7.47. The van der Waals surface area contributed by atoms with E-state index in [1.54, 1.807) is 0 Å². The molecule has 374 valence electrons. The molecule has 0 aliphatic heterocycles. The van der Waals surface area contributed by atoms with E-state index in [4.69, 9.17) is 9.05 Å². The van der Waals surface area contributed by atoms with Gasteiger partial charge in [0.15, 0.2) is 0 Å². The molecule has 0 bridgehead atoms. The van der Waals surface area contributed by atoms with E-state index >= 15 is 0 Å². The first kappa shape index (κ1) is 62.2. The minimum Gasteiger partial charge on any atom is -0.391 e. The van der Waals surface area contributed by atoms with E-state index in [0.717, 1.165) is 89.9 Å². The Morgan fingerprint density at radius 3 is 1.38 bits per heavy atom. The number of hydrogen-bond donors (Lipinski definition) is 3. The maximum atomic E-state index is 13.0. The number of nitrogens with zero attached hydrogens (tertiary/aromatic N) is 1. The van der Waals surface area contributed by atoms with Crippen LogP contribution in [0.25, 0.3) is 0 Å². The highest BCUT2D eigenvalue weighted by atomic mass is 31.2. The summed E-state index contributed by atoms with van der Waals surface area (Å²) in [5, 5.41) is 14.0. The van der Waals surface area contributed by atoms with Crippen molar-refractivity contribution in [1.29, 1.82) is 0 Å². The molecule has 0 aromatic rings. The predicted molar refractivity (Wildman–Crippen MR) is 277 cm³/mol. The van der Waals surface area contributed by atoms with Crippen molar-refractivity contribution >= 4 is 13.7 Å². The van der Waals surface area contributed by atoms with Crippen LogP contribution in [0.15, 0.2) is 60.8 Å². The summed E-state index contributed by atoms with van der Waals surface area (Å²) in [7, 11) is 1.60. The molecule has 0 rings (SSSR count). The summed E-state index contributed by atoms with van der Waals surface area (Å²) in [5.41, 5.74) is 0. The van der Waals surface area contributed by atoms with Crippen LogP contribution in [0.3, 0.4) is 0 Å². The van der Waals surface area contributed by atoms with Crippen LogP contribution in [-0.4, -0.2) is 73.4 Å². The van der Waals surface area contributed by atoms with Crippen LogP contribution in [0.5, 0.6) is 0 Å². The maximum absolute atomic E-state index is 13.0. The number of quaternary nitrogens is 1. The SMILES string of the molecule is CC/C=C\C/C=C\C/C=C\C/C=C\C/C=C\CCCCCCCC(=O)NC(COP(=O)(O)OCC[N+](C)(C)C)C(O)CCCCCCCCCCCCCCCCCCCCCCC. The topological polar surface area (TPSA) is 105 Å². The fraction of sp³-hybridized carbons (Fsp3) is 0.800. The first-order chi connectivity index (χ1) is 31.0. The van der Waals surface area contributed by atoms with E-state index in [1.807, 2.05) is 21.1 Å². The molecule has 0 aliphatic rings.